The Kier molecular flexibility index (Phi) is 14.6. The summed E-state index contributed by atoms with van der Waals surface area (Å²) in [6.45, 7) is 11.4. The first-order valence-corrected chi connectivity index (χ1v) is 7.74. The number of amides is 1. The largest absolute Gasteiger partial charge is 0.370 e. The molecule has 0 radical (unpaired) electrons. The van der Waals surface area contributed by atoms with E-state index in [0.29, 0.717) is 0 Å². The zero-order valence-corrected chi connectivity index (χ0v) is 14.7. The second-order valence-electron chi connectivity index (χ2n) is 4.99. The van der Waals surface area contributed by atoms with Crippen molar-refractivity contribution in [2.24, 2.45) is 16.6 Å². The average Bonchev–Trinajstić information content (AvgIpc) is 2.42. The van der Waals surface area contributed by atoms with E-state index in [-0.39, 0.29) is 17.7 Å². The summed E-state index contributed by atoms with van der Waals surface area (Å²) in [5.74, 6) is -0.413. The lowest BCUT2D eigenvalue weighted by atomic mass is 9.89. The minimum Gasteiger partial charge on any atom is -0.370 e. The predicted molar refractivity (Wildman–Crippen MR) is 94.7 cm³/mol. The van der Waals surface area contributed by atoms with E-state index < -0.39 is 0 Å². The summed E-state index contributed by atoms with van der Waals surface area (Å²) in [5, 5.41) is 0. The van der Waals surface area contributed by atoms with Crippen molar-refractivity contribution in [2.45, 2.75) is 53.4 Å². The van der Waals surface area contributed by atoms with Crippen LogP contribution in [0.25, 0.3) is 0 Å². The van der Waals surface area contributed by atoms with E-state index in [0.717, 1.165) is 37.0 Å². The summed E-state index contributed by atoms with van der Waals surface area (Å²) in [5.41, 5.74) is 6.42. The first-order valence-electron chi connectivity index (χ1n) is 7.74. The molecule has 0 aliphatic heterocycles. The first kappa shape index (κ1) is 22.6. The maximum atomic E-state index is 13.4. The SMILES string of the molecule is C=C(/C=C(F)\C=C/C)C(CC)C(CCCC)=NC.CC(N)=O. The van der Waals surface area contributed by atoms with Gasteiger partial charge in [-0.1, -0.05) is 32.9 Å². The molecule has 1 unspecified atom stereocenters. The molecule has 3 nitrogen and oxygen atoms in total. The molecule has 22 heavy (non-hydrogen) atoms. The van der Waals surface area contributed by atoms with Crippen molar-refractivity contribution in [3.8, 4) is 0 Å². The fourth-order valence-corrected chi connectivity index (χ4v) is 2.00. The maximum Gasteiger partial charge on any atom is 0.214 e. The van der Waals surface area contributed by atoms with Gasteiger partial charge in [-0.25, -0.2) is 4.39 Å². The molecule has 2 N–H and O–H groups in total. The summed E-state index contributed by atoms with van der Waals surface area (Å²) in [7, 11) is 1.81. The number of rotatable bonds is 8. The zero-order valence-electron chi connectivity index (χ0n) is 14.7. The zero-order chi connectivity index (χ0) is 17.5. The molecule has 0 aromatic rings. The highest BCUT2D eigenvalue weighted by atomic mass is 19.1. The Balaban J connectivity index is 0. The van der Waals surface area contributed by atoms with Crippen LogP contribution in [-0.4, -0.2) is 18.7 Å². The highest BCUT2D eigenvalue weighted by molar-refractivity contribution is 5.89. The summed E-state index contributed by atoms with van der Waals surface area (Å²) < 4.78 is 13.4. The van der Waals surface area contributed by atoms with E-state index in [9.17, 15) is 9.18 Å². The Labute approximate surface area is 134 Å². The Morgan fingerprint density at radius 1 is 1.41 bits per heavy atom. The maximum absolute atomic E-state index is 13.4. The Hall–Kier alpha value is -1.71. The molecule has 126 valence electrons. The lowest BCUT2D eigenvalue weighted by Crippen LogP contribution is -2.15. The van der Waals surface area contributed by atoms with Crippen molar-refractivity contribution in [1.82, 2.24) is 0 Å². The molecule has 0 aliphatic rings. The molecule has 0 aromatic heterocycles. The number of unbranched alkanes of at least 4 members (excludes halogenated alkanes) is 1. The van der Waals surface area contributed by atoms with E-state index in [1.807, 2.05) is 7.05 Å². The average molecular weight is 310 g/mol. The van der Waals surface area contributed by atoms with Crippen LogP contribution in [0.1, 0.15) is 53.4 Å². The number of carbonyl (C=O) groups is 1. The molecule has 0 fully saturated rings. The molecule has 0 aliphatic carbocycles. The van der Waals surface area contributed by atoms with Gasteiger partial charge in [-0.3, -0.25) is 9.79 Å². The Morgan fingerprint density at radius 2 is 1.95 bits per heavy atom. The highest BCUT2D eigenvalue weighted by Crippen LogP contribution is 2.22. The van der Waals surface area contributed by atoms with E-state index in [1.54, 1.807) is 13.0 Å². The molecule has 1 amide bonds. The molecule has 0 saturated carbocycles. The molecule has 1 atom stereocenters. The number of halogens is 1. The van der Waals surface area contributed by atoms with Gasteiger partial charge in [-0.2, -0.15) is 0 Å². The minimum absolute atomic E-state index is 0.164. The van der Waals surface area contributed by atoms with Gasteiger partial charge in [0, 0.05) is 25.6 Å². The molecule has 0 bridgehead atoms. The van der Waals surface area contributed by atoms with Crippen LogP contribution in [0.15, 0.2) is 41.2 Å². The topological polar surface area (TPSA) is 55.4 Å². The quantitative estimate of drug-likeness (QED) is 0.510. The minimum atomic E-state index is -0.333. The molecule has 0 saturated heterocycles. The number of carbonyl (C=O) groups excluding carboxylic acids is 1. The lowest BCUT2D eigenvalue weighted by molar-refractivity contribution is -0.115. The molecular weight excluding hydrogens is 279 g/mol. The normalized spacial score (nSPS) is 13.5. The van der Waals surface area contributed by atoms with Crippen molar-refractivity contribution in [1.29, 1.82) is 0 Å². The molecule has 4 heteroatoms. The molecule has 0 aromatic carbocycles. The van der Waals surface area contributed by atoms with Gasteiger partial charge in [0.05, 0.1) is 0 Å². The van der Waals surface area contributed by atoms with Crippen molar-refractivity contribution in [3.63, 3.8) is 0 Å². The van der Waals surface area contributed by atoms with Crippen LogP contribution in [0, 0.1) is 5.92 Å². The summed E-state index contributed by atoms with van der Waals surface area (Å²) in [6.07, 6.45) is 8.81. The van der Waals surface area contributed by atoms with Gasteiger partial charge < -0.3 is 5.73 Å². The highest BCUT2D eigenvalue weighted by Gasteiger charge is 2.15. The lowest BCUT2D eigenvalue weighted by Gasteiger charge is -2.18. The van der Waals surface area contributed by atoms with Gasteiger partial charge in [0.25, 0.3) is 0 Å². The first-order chi connectivity index (χ1) is 10.3. The molecule has 0 rings (SSSR count). The second-order valence-corrected chi connectivity index (χ2v) is 4.99. The van der Waals surface area contributed by atoms with E-state index in [1.165, 1.54) is 19.1 Å². The smallest absolute Gasteiger partial charge is 0.214 e. The van der Waals surface area contributed by atoms with Crippen LogP contribution in [-0.2, 0) is 4.79 Å². The van der Waals surface area contributed by atoms with Crippen LogP contribution in [0.2, 0.25) is 0 Å². The fraction of sp³-hybridized carbons (Fsp3) is 0.556. The fourth-order valence-electron chi connectivity index (χ4n) is 2.00. The van der Waals surface area contributed by atoms with Gasteiger partial charge in [0.1, 0.15) is 5.83 Å². The third-order valence-electron chi connectivity index (χ3n) is 2.98. The van der Waals surface area contributed by atoms with Gasteiger partial charge in [-0.15, -0.1) is 0 Å². The van der Waals surface area contributed by atoms with Crippen LogP contribution in [0.3, 0.4) is 0 Å². The Morgan fingerprint density at radius 3 is 2.32 bits per heavy atom. The van der Waals surface area contributed by atoms with Crippen molar-refractivity contribution < 1.29 is 9.18 Å². The number of hydrogen-bond acceptors (Lipinski definition) is 2. The Bertz CT molecular complexity index is 419. The third-order valence-corrected chi connectivity index (χ3v) is 2.98. The number of nitrogens with two attached hydrogens (primary N) is 1. The number of allylic oxidation sites excluding steroid dienone is 5. The number of nitrogens with zero attached hydrogens (tertiary/aromatic N) is 1. The third kappa shape index (κ3) is 12.1. The monoisotopic (exact) mass is 310 g/mol. The van der Waals surface area contributed by atoms with Crippen molar-refractivity contribution in [3.05, 3.63) is 36.2 Å². The van der Waals surface area contributed by atoms with E-state index >= 15 is 0 Å². The number of primary amides is 1. The van der Waals surface area contributed by atoms with Crippen molar-refractivity contribution in [2.75, 3.05) is 7.05 Å². The summed E-state index contributed by atoms with van der Waals surface area (Å²) in [6, 6.07) is 0. The van der Waals surface area contributed by atoms with Gasteiger partial charge in [-0.05, 0) is 43.9 Å². The van der Waals surface area contributed by atoms with Gasteiger partial charge >= 0.3 is 0 Å². The van der Waals surface area contributed by atoms with Gasteiger partial charge in [0.15, 0.2) is 0 Å². The molecule has 0 heterocycles. The number of aliphatic imine (C=N–C) groups is 1. The van der Waals surface area contributed by atoms with Crippen LogP contribution in [0.5, 0.6) is 0 Å². The van der Waals surface area contributed by atoms with Crippen LogP contribution >= 0.6 is 0 Å². The molecule has 0 spiro atoms. The summed E-state index contributed by atoms with van der Waals surface area (Å²) in [4.78, 5) is 13.6. The predicted octanol–water partition coefficient (Wildman–Crippen LogP) is 4.75. The number of hydrogen-bond donors (Lipinski definition) is 1. The van der Waals surface area contributed by atoms with E-state index in [2.05, 4.69) is 31.2 Å². The summed E-state index contributed by atoms with van der Waals surface area (Å²) >= 11 is 0. The van der Waals surface area contributed by atoms with Crippen LogP contribution < -0.4 is 5.73 Å². The van der Waals surface area contributed by atoms with Crippen molar-refractivity contribution >= 4 is 11.6 Å². The van der Waals surface area contributed by atoms with Crippen LogP contribution in [0.4, 0.5) is 4.39 Å². The standard InChI is InChI=1S/C16H26FN.C2H5NO/c1-6-9-11-16(18-5)15(8-3)13(4)12-14(17)10-7-2;1-2(3)4/h7,10,12,15H,4,6,8-9,11H2,1-3,5H3;1H3,(H2,3,4)/b10-7-,14-12+,18-16?;. The second kappa shape index (κ2) is 14.2. The van der Waals surface area contributed by atoms with Gasteiger partial charge in [0.2, 0.25) is 5.91 Å². The van der Waals surface area contributed by atoms with E-state index in [4.69, 9.17) is 0 Å². The molecular formula is C18H31FN2O.